The lowest BCUT2D eigenvalue weighted by molar-refractivity contribution is 0.421. The summed E-state index contributed by atoms with van der Waals surface area (Å²) < 4.78 is 5.31. The second-order valence-corrected chi connectivity index (χ2v) is 7.25. The van der Waals surface area contributed by atoms with Gasteiger partial charge in [0, 0.05) is 31.1 Å². The molecule has 4 rings (SSSR count). The Labute approximate surface area is 193 Å². The van der Waals surface area contributed by atoms with Crippen LogP contribution in [-0.2, 0) is 11.8 Å². The normalized spacial score (nSPS) is 14.6. The maximum atomic E-state index is 5.31. The Hall–Kier alpha value is -2.49. The zero-order chi connectivity index (χ0) is 19.9. The van der Waals surface area contributed by atoms with Gasteiger partial charge in [0.05, 0.1) is 6.54 Å². The molecule has 0 aliphatic heterocycles. The Morgan fingerprint density at radius 1 is 1.10 bits per heavy atom. The van der Waals surface area contributed by atoms with Crippen LogP contribution >= 0.6 is 24.0 Å². The van der Waals surface area contributed by atoms with Crippen molar-refractivity contribution in [2.24, 2.45) is 4.99 Å². The fraction of sp³-hybridized carbons (Fsp3) is 0.364. The van der Waals surface area contributed by atoms with Gasteiger partial charge in [0.15, 0.2) is 11.8 Å². The third-order valence-electron chi connectivity index (χ3n) is 5.12. The highest BCUT2D eigenvalue weighted by Gasteiger charge is 2.43. The van der Waals surface area contributed by atoms with Crippen LogP contribution in [0.2, 0.25) is 0 Å². The fourth-order valence-electron chi connectivity index (χ4n) is 3.29. The number of guanidine groups is 1. The first kappa shape index (κ1) is 22.2. The number of rotatable bonds is 8. The van der Waals surface area contributed by atoms with Gasteiger partial charge in [-0.2, -0.15) is 4.98 Å². The lowest BCUT2D eigenvalue weighted by Gasteiger charge is -2.15. The molecule has 8 heteroatoms. The first-order chi connectivity index (χ1) is 14.3. The molecule has 1 aliphatic carbocycles. The Morgan fingerprint density at radius 2 is 1.90 bits per heavy atom. The molecule has 158 valence electrons. The van der Waals surface area contributed by atoms with Crippen LogP contribution in [-0.4, -0.2) is 40.7 Å². The van der Waals surface area contributed by atoms with Crippen molar-refractivity contribution in [1.82, 2.24) is 25.8 Å². The molecule has 1 fully saturated rings. The minimum Gasteiger partial charge on any atom is -0.357 e. The van der Waals surface area contributed by atoms with Crippen molar-refractivity contribution in [2.75, 3.05) is 19.6 Å². The standard InChI is InChI=1S/C22H26N6O.HI/c1-2-23-21(26-16-22(12-13-22)17-8-4-3-5-9-17)25-15-11-19-27-20(29-28-19)18-10-6-7-14-24-18;/h3-10,14H,2,11-13,15-16H2,1H3,(H2,23,25,26);1H. The summed E-state index contributed by atoms with van der Waals surface area (Å²) in [6.45, 7) is 4.35. The molecule has 0 atom stereocenters. The van der Waals surface area contributed by atoms with Gasteiger partial charge in [-0.25, -0.2) is 0 Å². The molecule has 30 heavy (non-hydrogen) atoms. The van der Waals surface area contributed by atoms with E-state index < -0.39 is 0 Å². The van der Waals surface area contributed by atoms with Crippen molar-refractivity contribution in [3.8, 4) is 11.6 Å². The van der Waals surface area contributed by atoms with E-state index in [4.69, 9.17) is 9.52 Å². The Bertz CT molecular complexity index is 941. The minimum atomic E-state index is 0. The van der Waals surface area contributed by atoms with Gasteiger partial charge in [-0.15, -0.1) is 24.0 Å². The highest BCUT2D eigenvalue weighted by Crippen LogP contribution is 2.48. The van der Waals surface area contributed by atoms with Gasteiger partial charge >= 0.3 is 0 Å². The third-order valence-corrected chi connectivity index (χ3v) is 5.12. The number of halogens is 1. The summed E-state index contributed by atoms with van der Waals surface area (Å²) in [5.41, 5.74) is 2.27. The van der Waals surface area contributed by atoms with Crippen molar-refractivity contribution in [3.63, 3.8) is 0 Å². The van der Waals surface area contributed by atoms with Crippen LogP contribution in [0.5, 0.6) is 0 Å². The van der Waals surface area contributed by atoms with E-state index in [0.29, 0.717) is 30.4 Å². The number of aliphatic imine (C=N–C) groups is 1. The molecule has 0 unspecified atom stereocenters. The first-order valence-electron chi connectivity index (χ1n) is 10.1. The van der Waals surface area contributed by atoms with Crippen LogP contribution < -0.4 is 10.6 Å². The zero-order valence-corrected chi connectivity index (χ0v) is 19.4. The van der Waals surface area contributed by atoms with Crippen molar-refractivity contribution in [1.29, 1.82) is 0 Å². The molecule has 2 heterocycles. The quantitative estimate of drug-likeness (QED) is 0.269. The molecular weight excluding hydrogens is 491 g/mol. The largest absolute Gasteiger partial charge is 0.357 e. The number of aromatic nitrogens is 3. The molecule has 2 aromatic heterocycles. The summed E-state index contributed by atoms with van der Waals surface area (Å²) in [5.74, 6) is 1.92. The number of hydrogen-bond acceptors (Lipinski definition) is 5. The molecule has 0 bridgehead atoms. The number of hydrogen-bond donors (Lipinski definition) is 2. The van der Waals surface area contributed by atoms with Gasteiger partial charge < -0.3 is 15.2 Å². The average molecular weight is 518 g/mol. The number of nitrogens with one attached hydrogen (secondary N) is 2. The van der Waals surface area contributed by atoms with E-state index >= 15 is 0 Å². The summed E-state index contributed by atoms with van der Waals surface area (Å²) in [6.07, 6.45) is 4.74. The molecule has 1 saturated carbocycles. The summed E-state index contributed by atoms with van der Waals surface area (Å²) in [6, 6.07) is 16.3. The number of nitrogens with zero attached hydrogens (tertiary/aromatic N) is 4. The van der Waals surface area contributed by atoms with E-state index in [9.17, 15) is 0 Å². The Balaban J connectivity index is 0.00000256. The topological polar surface area (TPSA) is 88.2 Å². The van der Waals surface area contributed by atoms with Gasteiger partial charge in [0.25, 0.3) is 5.89 Å². The SMILES string of the molecule is CCNC(=NCC1(c2ccccc2)CC1)NCCc1noc(-c2ccccn2)n1.I. The molecule has 7 nitrogen and oxygen atoms in total. The van der Waals surface area contributed by atoms with Crippen LogP contribution in [0.25, 0.3) is 11.6 Å². The second kappa shape index (κ2) is 10.5. The Morgan fingerprint density at radius 3 is 2.60 bits per heavy atom. The third kappa shape index (κ3) is 5.56. The maximum Gasteiger partial charge on any atom is 0.276 e. The van der Waals surface area contributed by atoms with E-state index in [1.54, 1.807) is 6.20 Å². The number of pyridine rings is 1. The highest BCUT2D eigenvalue weighted by atomic mass is 127. The van der Waals surface area contributed by atoms with E-state index in [1.165, 1.54) is 18.4 Å². The smallest absolute Gasteiger partial charge is 0.276 e. The van der Waals surface area contributed by atoms with Crippen LogP contribution in [0.3, 0.4) is 0 Å². The predicted molar refractivity (Wildman–Crippen MR) is 128 cm³/mol. The molecule has 0 saturated heterocycles. The first-order valence-corrected chi connectivity index (χ1v) is 10.1. The van der Waals surface area contributed by atoms with E-state index in [0.717, 1.165) is 19.0 Å². The zero-order valence-electron chi connectivity index (χ0n) is 17.0. The summed E-state index contributed by atoms with van der Waals surface area (Å²) >= 11 is 0. The van der Waals surface area contributed by atoms with Gasteiger partial charge in [0.1, 0.15) is 5.69 Å². The van der Waals surface area contributed by atoms with Crippen molar-refractivity contribution in [3.05, 3.63) is 66.1 Å². The summed E-state index contributed by atoms with van der Waals surface area (Å²) in [7, 11) is 0. The Kier molecular flexibility index (Phi) is 7.78. The van der Waals surface area contributed by atoms with E-state index in [-0.39, 0.29) is 29.4 Å². The summed E-state index contributed by atoms with van der Waals surface area (Å²) in [5, 5.41) is 10.7. The lowest BCUT2D eigenvalue weighted by atomic mass is 9.96. The van der Waals surface area contributed by atoms with E-state index in [2.05, 4.69) is 63.0 Å². The van der Waals surface area contributed by atoms with Crippen molar-refractivity contribution < 1.29 is 4.52 Å². The molecule has 0 radical (unpaired) electrons. The molecule has 2 N–H and O–H groups in total. The predicted octanol–water partition coefficient (Wildman–Crippen LogP) is 3.58. The van der Waals surface area contributed by atoms with Gasteiger partial charge in [-0.3, -0.25) is 9.98 Å². The maximum absolute atomic E-state index is 5.31. The minimum absolute atomic E-state index is 0. The molecule has 3 aromatic rings. The van der Waals surface area contributed by atoms with Gasteiger partial charge in [-0.05, 0) is 37.5 Å². The summed E-state index contributed by atoms with van der Waals surface area (Å²) in [4.78, 5) is 13.5. The van der Waals surface area contributed by atoms with Crippen LogP contribution in [0.15, 0.2) is 64.2 Å². The molecule has 1 aromatic carbocycles. The monoisotopic (exact) mass is 518 g/mol. The van der Waals surface area contributed by atoms with Crippen molar-refractivity contribution in [2.45, 2.75) is 31.6 Å². The average Bonchev–Trinajstić information content (AvgIpc) is 3.43. The van der Waals surface area contributed by atoms with E-state index in [1.807, 2.05) is 18.2 Å². The van der Waals surface area contributed by atoms with Gasteiger partial charge in [-0.1, -0.05) is 41.6 Å². The lowest BCUT2D eigenvalue weighted by Crippen LogP contribution is -2.39. The van der Waals surface area contributed by atoms with Crippen LogP contribution in [0.4, 0.5) is 0 Å². The second-order valence-electron chi connectivity index (χ2n) is 7.25. The molecule has 1 aliphatic rings. The molecule has 0 amide bonds. The molecule has 0 spiro atoms. The number of benzene rings is 1. The van der Waals surface area contributed by atoms with Crippen LogP contribution in [0.1, 0.15) is 31.2 Å². The van der Waals surface area contributed by atoms with Gasteiger partial charge in [0.2, 0.25) is 0 Å². The van der Waals surface area contributed by atoms with Crippen molar-refractivity contribution >= 4 is 29.9 Å². The molecular formula is C22H27IN6O. The fourth-order valence-corrected chi connectivity index (χ4v) is 3.29. The highest BCUT2D eigenvalue weighted by molar-refractivity contribution is 14.0. The van der Waals surface area contributed by atoms with Crippen LogP contribution in [0, 0.1) is 0 Å².